The Morgan fingerprint density at radius 1 is 1.50 bits per heavy atom. The Balaban J connectivity index is 1.97. The Hall–Kier alpha value is -0.120. The van der Waals surface area contributed by atoms with Crippen LogP contribution in [-0.2, 0) is 4.74 Å². The Kier molecular flexibility index (Phi) is 5.45. The largest absolute Gasteiger partial charge is 0.382 e. The molecule has 0 aromatic carbocycles. The molecule has 1 saturated heterocycles. The van der Waals surface area contributed by atoms with Crippen LogP contribution >= 0.6 is 0 Å². The third kappa shape index (κ3) is 3.95. The van der Waals surface area contributed by atoms with Gasteiger partial charge in [0.2, 0.25) is 0 Å². The van der Waals surface area contributed by atoms with Gasteiger partial charge in [0.05, 0.1) is 0 Å². The van der Waals surface area contributed by atoms with Crippen LogP contribution in [-0.4, -0.2) is 50.3 Å². The fourth-order valence-corrected chi connectivity index (χ4v) is 1.97. The quantitative estimate of drug-likeness (QED) is 0.650. The minimum absolute atomic E-state index is 0.691. The van der Waals surface area contributed by atoms with Crippen LogP contribution in [0.3, 0.4) is 0 Å². The van der Waals surface area contributed by atoms with Crippen LogP contribution in [0.1, 0.15) is 26.7 Å². The van der Waals surface area contributed by atoms with Crippen LogP contribution < -0.4 is 5.32 Å². The highest BCUT2D eigenvalue weighted by atomic mass is 16.5. The van der Waals surface area contributed by atoms with Crippen molar-refractivity contribution in [2.45, 2.75) is 38.8 Å². The van der Waals surface area contributed by atoms with Crippen LogP contribution in [0.4, 0.5) is 0 Å². The zero-order chi connectivity index (χ0) is 10.4. The molecular weight excluding hydrogens is 176 g/mol. The Labute approximate surface area is 87.8 Å². The molecule has 1 N–H and O–H groups in total. The first kappa shape index (κ1) is 12.0. The predicted molar refractivity (Wildman–Crippen MR) is 59.6 cm³/mol. The Morgan fingerprint density at radius 3 is 2.86 bits per heavy atom. The summed E-state index contributed by atoms with van der Waals surface area (Å²) in [5, 5.41) is 3.58. The lowest BCUT2D eigenvalue weighted by Crippen LogP contribution is -2.32. The van der Waals surface area contributed by atoms with E-state index in [-0.39, 0.29) is 0 Å². The van der Waals surface area contributed by atoms with Crippen LogP contribution in [0.25, 0.3) is 0 Å². The number of likely N-dealkylation sites (N-methyl/N-ethyl adjacent to an activating group) is 1. The maximum Gasteiger partial charge on any atom is 0.0477 e. The molecular formula is C11H24N2O. The lowest BCUT2D eigenvalue weighted by atomic mass is 10.2. The van der Waals surface area contributed by atoms with Gasteiger partial charge in [0.25, 0.3) is 0 Å². The second kappa shape index (κ2) is 6.38. The van der Waals surface area contributed by atoms with E-state index in [9.17, 15) is 0 Å². The number of ether oxygens (including phenoxy) is 1. The standard InChI is InChI=1S/C11H24N2O/c1-4-14-7-5-6-12-11-8-10(2)13(3)9-11/h10-12H,4-9H2,1-3H3. The Bertz CT molecular complexity index is 142. The van der Waals surface area contributed by atoms with Crippen molar-refractivity contribution in [3.8, 4) is 0 Å². The normalized spacial score (nSPS) is 28.5. The average Bonchev–Trinajstić information content (AvgIpc) is 2.46. The maximum atomic E-state index is 5.29. The second-order valence-corrected chi connectivity index (χ2v) is 4.23. The number of likely N-dealkylation sites (tertiary alicyclic amines) is 1. The van der Waals surface area contributed by atoms with Gasteiger partial charge in [-0.25, -0.2) is 0 Å². The fraction of sp³-hybridized carbons (Fsp3) is 1.00. The van der Waals surface area contributed by atoms with Gasteiger partial charge in [0.1, 0.15) is 0 Å². The van der Waals surface area contributed by atoms with Crippen LogP contribution in [0, 0.1) is 0 Å². The summed E-state index contributed by atoms with van der Waals surface area (Å²) in [4.78, 5) is 2.42. The highest BCUT2D eigenvalue weighted by Gasteiger charge is 2.24. The topological polar surface area (TPSA) is 24.5 Å². The summed E-state index contributed by atoms with van der Waals surface area (Å²) in [6.07, 6.45) is 2.41. The van der Waals surface area contributed by atoms with Gasteiger partial charge in [0.15, 0.2) is 0 Å². The van der Waals surface area contributed by atoms with Gasteiger partial charge in [-0.2, -0.15) is 0 Å². The molecule has 1 aliphatic heterocycles. The molecule has 0 radical (unpaired) electrons. The zero-order valence-electron chi connectivity index (χ0n) is 9.75. The first-order chi connectivity index (χ1) is 6.74. The van der Waals surface area contributed by atoms with Gasteiger partial charge in [-0.1, -0.05) is 0 Å². The third-order valence-corrected chi connectivity index (χ3v) is 2.99. The van der Waals surface area contributed by atoms with Gasteiger partial charge in [-0.3, -0.25) is 0 Å². The van der Waals surface area contributed by atoms with Crippen molar-refractivity contribution in [2.75, 3.05) is 33.4 Å². The van der Waals surface area contributed by atoms with Gasteiger partial charge < -0.3 is 15.0 Å². The van der Waals surface area contributed by atoms with Gasteiger partial charge in [-0.05, 0) is 40.3 Å². The van der Waals surface area contributed by atoms with Gasteiger partial charge >= 0.3 is 0 Å². The zero-order valence-corrected chi connectivity index (χ0v) is 9.75. The molecule has 2 unspecified atom stereocenters. The number of nitrogens with one attached hydrogen (secondary N) is 1. The molecule has 0 saturated carbocycles. The Morgan fingerprint density at radius 2 is 2.29 bits per heavy atom. The van der Waals surface area contributed by atoms with E-state index in [0.717, 1.165) is 32.2 Å². The van der Waals surface area contributed by atoms with Crippen LogP contribution in [0.15, 0.2) is 0 Å². The summed E-state index contributed by atoms with van der Waals surface area (Å²) in [7, 11) is 2.20. The first-order valence-corrected chi connectivity index (χ1v) is 5.75. The van der Waals surface area contributed by atoms with Crippen molar-refractivity contribution < 1.29 is 4.74 Å². The van der Waals surface area contributed by atoms with Crippen molar-refractivity contribution in [1.29, 1.82) is 0 Å². The lowest BCUT2D eigenvalue weighted by Gasteiger charge is -2.13. The summed E-state index contributed by atoms with van der Waals surface area (Å²) in [6, 6.07) is 1.43. The van der Waals surface area contributed by atoms with E-state index in [2.05, 4.69) is 24.2 Å². The molecule has 0 aliphatic carbocycles. The van der Waals surface area contributed by atoms with Crippen LogP contribution in [0.2, 0.25) is 0 Å². The molecule has 0 aromatic heterocycles. The minimum Gasteiger partial charge on any atom is -0.382 e. The van der Waals surface area contributed by atoms with E-state index in [4.69, 9.17) is 4.74 Å². The first-order valence-electron chi connectivity index (χ1n) is 5.75. The number of hydrogen-bond acceptors (Lipinski definition) is 3. The summed E-state index contributed by atoms with van der Waals surface area (Å²) < 4.78 is 5.29. The molecule has 0 aromatic rings. The molecule has 1 fully saturated rings. The minimum atomic E-state index is 0.691. The van der Waals surface area contributed by atoms with Crippen molar-refractivity contribution in [3.63, 3.8) is 0 Å². The molecule has 1 heterocycles. The maximum absolute atomic E-state index is 5.29. The number of rotatable bonds is 6. The molecule has 3 nitrogen and oxygen atoms in total. The summed E-state index contributed by atoms with van der Waals surface area (Å²) in [5.74, 6) is 0. The van der Waals surface area contributed by atoms with E-state index in [0.29, 0.717) is 6.04 Å². The highest BCUT2D eigenvalue weighted by molar-refractivity contribution is 4.84. The van der Waals surface area contributed by atoms with Gasteiger partial charge in [-0.15, -0.1) is 0 Å². The van der Waals surface area contributed by atoms with Crippen molar-refractivity contribution >= 4 is 0 Å². The van der Waals surface area contributed by atoms with Crippen molar-refractivity contribution in [2.24, 2.45) is 0 Å². The van der Waals surface area contributed by atoms with Crippen LogP contribution in [0.5, 0.6) is 0 Å². The molecule has 84 valence electrons. The molecule has 1 aliphatic rings. The van der Waals surface area contributed by atoms with E-state index in [1.54, 1.807) is 0 Å². The second-order valence-electron chi connectivity index (χ2n) is 4.23. The number of nitrogens with zero attached hydrogens (tertiary/aromatic N) is 1. The number of hydrogen-bond donors (Lipinski definition) is 1. The molecule has 1 rings (SSSR count). The molecule has 2 atom stereocenters. The lowest BCUT2D eigenvalue weighted by molar-refractivity contribution is 0.144. The molecule has 0 amide bonds. The van der Waals surface area contributed by atoms with E-state index in [1.165, 1.54) is 13.0 Å². The van der Waals surface area contributed by atoms with Gasteiger partial charge in [0, 0.05) is 31.8 Å². The SMILES string of the molecule is CCOCCCNC1CC(C)N(C)C1. The summed E-state index contributed by atoms with van der Waals surface area (Å²) in [5.41, 5.74) is 0. The summed E-state index contributed by atoms with van der Waals surface area (Å²) >= 11 is 0. The van der Waals surface area contributed by atoms with E-state index < -0.39 is 0 Å². The molecule has 0 spiro atoms. The smallest absolute Gasteiger partial charge is 0.0477 e. The third-order valence-electron chi connectivity index (χ3n) is 2.99. The fourth-order valence-electron chi connectivity index (χ4n) is 1.97. The molecule has 14 heavy (non-hydrogen) atoms. The monoisotopic (exact) mass is 200 g/mol. The summed E-state index contributed by atoms with van der Waals surface area (Å²) in [6.45, 7) is 8.34. The van der Waals surface area contributed by atoms with E-state index in [1.807, 2.05) is 6.92 Å². The van der Waals surface area contributed by atoms with Crippen molar-refractivity contribution in [1.82, 2.24) is 10.2 Å². The van der Waals surface area contributed by atoms with E-state index >= 15 is 0 Å². The highest BCUT2D eigenvalue weighted by Crippen LogP contribution is 2.14. The van der Waals surface area contributed by atoms with Crippen molar-refractivity contribution in [3.05, 3.63) is 0 Å². The molecule has 0 bridgehead atoms. The molecule has 3 heteroatoms. The average molecular weight is 200 g/mol. The predicted octanol–water partition coefficient (Wildman–Crippen LogP) is 1.10.